The van der Waals surface area contributed by atoms with Gasteiger partial charge in [0.1, 0.15) is 5.75 Å². The van der Waals surface area contributed by atoms with E-state index in [0.29, 0.717) is 0 Å². The number of nitrogens with one attached hydrogen (secondary N) is 1. The Morgan fingerprint density at radius 3 is 2.78 bits per heavy atom. The summed E-state index contributed by atoms with van der Waals surface area (Å²) in [6, 6.07) is 10.0. The van der Waals surface area contributed by atoms with Crippen LogP contribution in [0.25, 0.3) is 0 Å². The molecule has 1 aromatic heterocycles. The van der Waals surface area contributed by atoms with Gasteiger partial charge in [0.25, 0.3) is 0 Å². The van der Waals surface area contributed by atoms with Gasteiger partial charge in [-0.25, -0.2) is 5.43 Å². The summed E-state index contributed by atoms with van der Waals surface area (Å²) in [5.74, 6) is 6.38. The predicted molar refractivity (Wildman–Crippen MR) is 79.1 cm³/mol. The molecule has 0 fully saturated rings. The number of aromatic nitrogens is 1. The minimum Gasteiger partial charge on any atom is -0.495 e. The Bertz CT molecular complexity index is 533. The van der Waals surface area contributed by atoms with Crippen LogP contribution in [0.2, 0.25) is 0 Å². The maximum absolute atomic E-state index is 5.66. The van der Waals surface area contributed by atoms with Crippen molar-refractivity contribution in [3.8, 4) is 5.75 Å². The summed E-state index contributed by atoms with van der Waals surface area (Å²) in [5, 5.41) is 0. The van der Waals surface area contributed by atoms with Crippen LogP contribution in [0.1, 0.15) is 17.2 Å². The minimum absolute atomic E-state index is 0.0951. The first-order valence-electron chi connectivity index (χ1n) is 5.45. The van der Waals surface area contributed by atoms with E-state index in [0.717, 1.165) is 16.9 Å². The van der Waals surface area contributed by atoms with Gasteiger partial charge in [-0.1, -0.05) is 12.1 Å². The molecule has 2 aromatic rings. The number of halogens is 1. The topological polar surface area (TPSA) is 60.2 Å². The molecule has 1 unspecified atom stereocenters. The third kappa shape index (κ3) is 2.98. The number of hydrazine groups is 1. The standard InChI is InChI=1S/C13H14IN3O/c1-18-12-6-10(7-16-8-12)13(17-15)9-3-2-4-11(14)5-9/h2-8,13,17H,15H2,1H3. The molecule has 4 nitrogen and oxygen atoms in total. The van der Waals surface area contributed by atoms with Crippen molar-refractivity contribution in [2.75, 3.05) is 7.11 Å². The van der Waals surface area contributed by atoms with E-state index in [2.05, 4.69) is 39.1 Å². The van der Waals surface area contributed by atoms with Gasteiger partial charge in [-0.2, -0.15) is 0 Å². The average molecular weight is 355 g/mol. The number of ether oxygens (including phenoxy) is 1. The summed E-state index contributed by atoms with van der Waals surface area (Å²) in [7, 11) is 1.62. The molecular formula is C13H14IN3O. The Labute approximate surface area is 120 Å². The SMILES string of the molecule is COc1cncc(C(NN)c2cccc(I)c2)c1. The molecule has 0 aliphatic carbocycles. The van der Waals surface area contributed by atoms with E-state index < -0.39 is 0 Å². The highest BCUT2D eigenvalue weighted by atomic mass is 127. The van der Waals surface area contributed by atoms with Gasteiger partial charge in [0.15, 0.2) is 0 Å². The monoisotopic (exact) mass is 355 g/mol. The number of nitrogens with two attached hydrogens (primary N) is 1. The van der Waals surface area contributed by atoms with E-state index in [1.54, 1.807) is 19.5 Å². The molecule has 0 aliphatic heterocycles. The first-order chi connectivity index (χ1) is 8.74. The fourth-order valence-corrected chi connectivity index (χ4v) is 2.34. The molecule has 1 heterocycles. The molecule has 0 radical (unpaired) electrons. The van der Waals surface area contributed by atoms with Gasteiger partial charge in [0, 0.05) is 9.77 Å². The Balaban J connectivity index is 2.38. The first-order valence-corrected chi connectivity index (χ1v) is 6.53. The third-order valence-corrected chi connectivity index (χ3v) is 3.32. The van der Waals surface area contributed by atoms with E-state index in [-0.39, 0.29) is 6.04 Å². The highest BCUT2D eigenvalue weighted by Gasteiger charge is 2.13. The van der Waals surface area contributed by atoms with Crippen molar-refractivity contribution in [2.24, 2.45) is 5.84 Å². The fraction of sp³-hybridized carbons (Fsp3) is 0.154. The highest BCUT2D eigenvalue weighted by molar-refractivity contribution is 14.1. The molecule has 0 saturated carbocycles. The summed E-state index contributed by atoms with van der Waals surface area (Å²) in [4.78, 5) is 4.15. The van der Waals surface area contributed by atoms with Crippen LogP contribution in [0.5, 0.6) is 5.75 Å². The lowest BCUT2D eigenvalue weighted by atomic mass is 10.0. The summed E-state index contributed by atoms with van der Waals surface area (Å²) in [6.45, 7) is 0. The molecule has 18 heavy (non-hydrogen) atoms. The molecule has 0 saturated heterocycles. The van der Waals surface area contributed by atoms with Crippen molar-refractivity contribution >= 4 is 22.6 Å². The lowest BCUT2D eigenvalue weighted by molar-refractivity contribution is 0.411. The van der Waals surface area contributed by atoms with Crippen molar-refractivity contribution in [2.45, 2.75) is 6.04 Å². The van der Waals surface area contributed by atoms with E-state index >= 15 is 0 Å². The molecule has 3 N–H and O–H groups in total. The van der Waals surface area contributed by atoms with E-state index in [9.17, 15) is 0 Å². The smallest absolute Gasteiger partial charge is 0.137 e. The fourth-order valence-electron chi connectivity index (χ4n) is 1.78. The van der Waals surface area contributed by atoms with Crippen molar-refractivity contribution < 1.29 is 4.74 Å². The maximum atomic E-state index is 5.66. The zero-order valence-corrected chi connectivity index (χ0v) is 12.1. The van der Waals surface area contributed by atoms with Gasteiger partial charge < -0.3 is 4.74 Å². The molecule has 2 rings (SSSR count). The summed E-state index contributed by atoms with van der Waals surface area (Å²) >= 11 is 2.28. The number of pyridine rings is 1. The number of hydrogen-bond acceptors (Lipinski definition) is 4. The van der Waals surface area contributed by atoms with Gasteiger partial charge in [0.2, 0.25) is 0 Å². The second kappa shape index (κ2) is 6.12. The van der Waals surface area contributed by atoms with Crippen LogP contribution in [-0.2, 0) is 0 Å². The van der Waals surface area contributed by atoms with Crippen LogP contribution in [0, 0.1) is 3.57 Å². The number of nitrogens with zero attached hydrogens (tertiary/aromatic N) is 1. The molecule has 0 spiro atoms. The first kappa shape index (κ1) is 13.3. The van der Waals surface area contributed by atoms with Crippen LogP contribution in [0.3, 0.4) is 0 Å². The largest absolute Gasteiger partial charge is 0.495 e. The molecule has 94 valence electrons. The molecule has 1 aromatic carbocycles. The van der Waals surface area contributed by atoms with Crippen molar-refractivity contribution in [1.82, 2.24) is 10.4 Å². The Morgan fingerprint density at radius 1 is 1.28 bits per heavy atom. The Kier molecular flexibility index (Phi) is 4.51. The Hall–Kier alpha value is -1.18. The van der Waals surface area contributed by atoms with Crippen molar-refractivity contribution in [3.63, 3.8) is 0 Å². The summed E-state index contributed by atoms with van der Waals surface area (Å²) in [5.41, 5.74) is 4.88. The van der Waals surface area contributed by atoms with E-state index in [1.807, 2.05) is 24.3 Å². The quantitative estimate of drug-likeness (QED) is 0.502. The molecule has 1 atom stereocenters. The lowest BCUT2D eigenvalue weighted by Crippen LogP contribution is -2.29. The van der Waals surface area contributed by atoms with Crippen LogP contribution in [0.15, 0.2) is 42.7 Å². The summed E-state index contributed by atoms with van der Waals surface area (Å²) < 4.78 is 6.34. The molecule has 5 heteroatoms. The normalized spacial score (nSPS) is 12.2. The number of rotatable bonds is 4. The molecule has 0 aliphatic rings. The van der Waals surface area contributed by atoms with Crippen LogP contribution >= 0.6 is 22.6 Å². The molecule has 0 bridgehead atoms. The number of hydrogen-bond donors (Lipinski definition) is 2. The van der Waals surface area contributed by atoms with Gasteiger partial charge >= 0.3 is 0 Å². The van der Waals surface area contributed by atoms with Gasteiger partial charge in [-0.05, 0) is 51.9 Å². The van der Waals surface area contributed by atoms with Crippen LogP contribution in [-0.4, -0.2) is 12.1 Å². The maximum Gasteiger partial charge on any atom is 0.137 e. The molecular weight excluding hydrogens is 341 g/mol. The van der Waals surface area contributed by atoms with Gasteiger partial charge in [-0.15, -0.1) is 0 Å². The van der Waals surface area contributed by atoms with E-state index in [1.165, 1.54) is 3.57 Å². The van der Waals surface area contributed by atoms with Crippen LogP contribution < -0.4 is 16.0 Å². The Morgan fingerprint density at radius 2 is 2.11 bits per heavy atom. The van der Waals surface area contributed by atoms with Crippen molar-refractivity contribution in [1.29, 1.82) is 0 Å². The van der Waals surface area contributed by atoms with E-state index in [4.69, 9.17) is 10.6 Å². The third-order valence-electron chi connectivity index (χ3n) is 2.65. The minimum atomic E-state index is -0.0951. The highest BCUT2D eigenvalue weighted by Crippen LogP contribution is 2.24. The van der Waals surface area contributed by atoms with Gasteiger partial charge in [0.05, 0.1) is 19.3 Å². The van der Waals surface area contributed by atoms with Crippen molar-refractivity contribution in [3.05, 3.63) is 57.4 Å². The zero-order valence-electron chi connectivity index (χ0n) is 9.93. The average Bonchev–Trinajstić information content (AvgIpc) is 2.40. The second-order valence-electron chi connectivity index (χ2n) is 3.81. The lowest BCUT2D eigenvalue weighted by Gasteiger charge is -2.17. The zero-order chi connectivity index (χ0) is 13.0. The predicted octanol–water partition coefficient (Wildman–Crippen LogP) is 2.25. The number of methoxy groups -OCH3 is 1. The van der Waals surface area contributed by atoms with Crippen LogP contribution in [0.4, 0.5) is 0 Å². The summed E-state index contributed by atoms with van der Waals surface area (Å²) in [6.07, 6.45) is 3.46. The number of benzene rings is 1. The second-order valence-corrected chi connectivity index (χ2v) is 5.06. The molecule has 0 amide bonds. The van der Waals surface area contributed by atoms with Gasteiger partial charge in [-0.3, -0.25) is 10.8 Å².